The van der Waals surface area contributed by atoms with Crippen LogP contribution in [0.5, 0.6) is 0 Å². The van der Waals surface area contributed by atoms with E-state index in [0.29, 0.717) is 6.04 Å². The molecule has 94 valence electrons. The minimum atomic E-state index is 0.713. The van der Waals surface area contributed by atoms with Crippen molar-refractivity contribution in [1.29, 1.82) is 0 Å². The maximum absolute atomic E-state index is 3.66. The number of hydrogen-bond acceptors (Lipinski definition) is 2. The molecule has 2 nitrogen and oxygen atoms in total. The Kier molecular flexibility index (Phi) is 5.02. The van der Waals surface area contributed by atoms with Crippen LogP contribution in [0.15, 0.2) is 30.3 Å². The summed E-state index contributed by atoms with van der Waals surface area (Å²) in [4.78, 5) is 2.55. The largest absolute Gasteiger partial charge is 0.313 e. The zero-order chi connectivity index (χ0) is 11.9. The zero-order valence-corrected chi connectivity index (χ0v) is 10.9. The van der Waals surface area contributed by atoms with Gasteiger partial charge in [0.15, 0.2) is 0 Å². The summed E-state index contributed by atoms with van der Waals surface area (Å²) in [7, 11) is 0. The van der Waals surface area contributed by atoms with Gasteiger partial charge in [0.2, 0.25) is 0 Å². The number of likely N-dealkylation sites (tertiary alicyclic amines) is 1. The molecule has 1 fully saturated rings. The Morgan fingerprint density at radius 1 is 1.29 bits per heavy atom. The second kappa shape index (κ2) is 6.77. The second-order valence-corrected chi connectivity index (χ2v) is 5.01. The second-order valence-electron chi connectivity index (χ2n) is 5.01. The molecule has 1 saturated heterocycles. The van der Waals surface area contributed by atoms with E-state index >= 15 is 0 Å². The summed E-state index contributed by atoms with van der Waals surface area (Å²) < 4.78 is 0. The first-order valence-corrected chi connectivity index (χ1v) is 6.88. The van der Waals surface area contributed by atoms with Gasteiger partial charge in [-0.25, -0.2) is 0 Å². The Morgan fingerprint density at radius 3 is 2.88 bits per heavy atom. The first-order chi connectivity index (χ1) is 8.38. The Hall–Kier alpha value is -0.860. The van der Waals surface area contributed by atoms with Crippen LogP contribution in [-0.4, -0.2) is 30.6 Å². The lowest BCUT2D eigenvalue weighted by molar-refractivity contribution is 0.320. The standard InChI is InChI=1S/C15H24N2/c1-2-3-10-16-15-9-11-17(13-15)12-14-7-5-4-6-8-14/h4-8,15-16H,2-3,9-13H2,1H3. The molecule has 0 bridgehead atoms. The Balaban J connectivity index is 1.71. The maximum Gasteiger partial charge on any atom is 0.0234 e. The molecule has 1 aliphatic rings. The van der Waals surface area contributed by atoms with Crippen LogP contribution in [0.1, 0.15) is 31.7 Å². The molecule has 0 radical (unpaired) electrons. The molecule has 2 heteroatoms. The van der Waals surface area contributed by atoms with E-state index < -0.39 is 0 Å². The average Bonchev–Trinajstić information content (AvgIpc) is 2.79. The minimum Gasteiger partial charge on any atom is -0.313 e. The molecular formula is C15H24N2. The van der Waals surface area contributed by atoms with Crippen LogP contribution < -0.4 is 5.32 Å². The van der Waals surface area contributed by atoms with Crippen LogP contribution in [0.25, 0.3) is 0 Å². The highest BCUT2D eigenvalue weighted by molar-refractivity contribution is 5.14. The lowest BCUT2D eigenvalue weighted by Crippen LogP contribution is -2.32. The summed E-state index contributed by atoms with van der Waals surface area (Å²) in [6.07, 6.45) is 3.89. The minimum absolute atomic E-state index is 0.713. The average molecular weight is 232 g/mol. The van der Waals surface area contributed by atoms with Gasteiger partial charge in [-0.3, -0.25) is 4.90 Å². The molecule has 0 aliphatic carbocycles. The van der Waals surface area contributed by atoms with Crippen molar-refractivity contribution in [2.24, 2.45) is 0 Å². The summed E-state index contributed by atoms with van der Waals surface area (Å²) >= 11 is 0. The third-order valence-electron chi connectivity index (χ3n) is 3.48. The predicted octanol–water partition coefficient (Wildman–Crippen LogP) is 2.65. The molecule has 0 spiro atoms. The fourth-order valence-corrected chi connectivity index (χ4v) is 2.47. The van der Waals surface area contributed by atoms with Crippen LogP contribution >= 0.6 is 0 Å². The van der Waals surface area contributed by atoms with Gasteiger partial charge in [0.05, 0.1) is 0 Å². The summed E-state index contributed by atoms with van der Waals surface area (Å²) in [5, 5.41) is 3.66. The fourth-order valence-electron chi connectivity index (χ4n) is 2.47. The molecule has 1 aromatic carbocycles. The zero-order valence-electron chi connectivity index (χ0n) is 10.9. The predicted molar refractivity (Wildman–Crippen MR) is 73.0 cm³/mol. The van der Waals surface area contributed by atoms with Crippen molar-refractivity contribution in [3.05, 3.63) is 35.9 Å². The summed E-state index contributed by atoms with van der Waals surface area (Å²) in [5.74, 6) is 0. The summed E-state index contributed by atoms with van der Waals surface area (Å²) in [6, 6.07) is 11.5. The molecular weight excluding hydrogens is 208 g/mol. The van der Waals surface area contributed by atoms with Crippen molar-refractivity contribution >= 4 is 0 Å². The van der Waals surface area contributed by atoms with Gasteiger partial charge in [0.1, 0.15) is 0 Å². The molecule has 17 heavy (non-hydrogen) atoms. The molecule has 1 atom stereocenters. The number of nitrogens with zero attached hydrogens (tertiary/aromatic N) is 1. The van der Waals surface area contributed by atoms with Gasteiger partial charge in [0.25, 0.3) is 0 Å². The molecule has 2 rings (SSSR count). The Labute approximate surface area is 105 Å². The van der Waals surface area contributed by atoms with Gasteiger partial charge in [-0.2, -0.15) is 0 Å². The van der Waals surface area contributed by atoms with Crippen LogP contribution in [0.4, 0.5) is 0 Å². The SMILES string of the molecule is CCCCNC1CCN(Cc2ccccc2)C1. The normalized spacial score (nSPS) is 20.9. The Morgan fingerprint density at radius 2 is 2.12 bits per heavy atom. The van der Waals surface area contributed by atoms with Crippen LogP contribution in [0.3, 0.4) is 0 Å². The van der Waals surface area contributed by atoms with Crippen molar-refractivity contribution in [3.8, 4) is 0 Å². The van der Waals surface area contributed by atoms with Crippen molar-refractivity contribution in [3.63, 3.8) is 0 Å². The molecule has 1 N–H and O–H groups in total. The molecule has 0 saturated carbocycles. The van der Waals surface area contributed by atoms with Gasteiger partial charge < -0.3 is 5.32 Å². The number of nitrogens with one attached hydrogen (secondary N) is 1. The van der Waals surface area contributed by atoms with E-state index in [1.165, 1.54) is 44.5 Å². The fraction of sp³-hybridized carbons (Fsp3) is 0.600. The van der Waals surface area contributed by atoms with Crippen molar-refractivity contribution < 1.29 is 0 Å². The maximum atomic E-state index is 3.66. The number of rotatable bonds is 6. The van der Waals surface area contributed by atoms with Crippen LogP contribution in [-0.2, 0) is 6.54 Å². The number of benzene rings is 1. The van der Waals surface area contributed by atoms with E-state index in [9.17, 15) is 0 Å². The summed E-state index contributed by atoms with van der Waals surface area (Å²) in [5.41, 5.74) is 1.43. The third-order valence-corrected chi connectivity index (χ3v) is 3.48. The Bertz CT molecular complexity index is 310. The van der Waals surface area contributed by atoms with Gasteiger partial charge in [-0.15, -0.1) is 0 Å². The lowest BCUT2D eigenvalue weighted by Gasteiger charge is -2.16. The highest BCUT2D eigenvalue weighted by Gasteiger charge is 2.21. The lowest BCUT2D eigenvalue weighted by atomic mass is 10.2. The van der Waals surface area contributed by atoms with Crippen molar-refractivity contribution in [2.75, 3.05) is 19.6 Å². The van der Waals surface area contributed by atoms with E-state index in [0.717, 1.165) is 6.54 Å². The van der Waals surface area contributed by atoms with E-state index in [-0.39, 0.29) is 0 Å². The van der Waals surface area contributed by atoms with E-state index in [2.05, 4.69) is 47.5 Å². The smallest absolute Gasteiger partial charge is 0.0234 e. The van der Waals surface area contributed by atoms with Gasteiger partial charge in [0, 0.05) is 25.7 Å². The number of unbranched alkanes of at least 4 members (excludes halogenated alkanes) is 1. The molecule has 1 aromatic rings. The highest BCUT2D eigenvalue weighted by atomic mass is 15.2. The van der Waals surface area contributed by atoms with Crippen molar-refractivity contribution in [2.45, 2.75) is 38.8 Å². The molecule has 0 aromatic heterocycles. The van der Waals surface area contributed by atoms with Gasteiger partial charge >= 0.3 is 0 Å². The molecule has 0 amide bonds. The van der Waals surface area contributed by atoms with E-state index in [4.69, 9.17) is 0 Å². The number of hydrogen-bond donors (Lipinski definition) is 1. The molecule has 1 heterocycles. The molecule has 1 unspecified atom stereocenters. The summed E-state index contributed by atoms with van der Waals surface area (Å²) in [6.45, 7) is 6.97. The van der Waals surface area contributed by atoms with Gasteiger partial charge in [-0.05, 0) is 24.9 Å². The molecule has 1 aliphatic heterocycles. The first kappa shape index (κ1) is 12.6. The highest BCUT2D eigenvalue weighted by Crippen LogP contribution is 2.13. The first-order valence-electron chi connectivity index (χ1n) is 6.88. The topological polar surface area (TPSA) is 15.3 Å². The quantitative estimate of drug-likeness (QED) is 0.759. The monoisotopic (exact) mass is 232 g/mol. The van der Waals surface area contributed by atoms with Crippen LogP contribution in [0.2, 0.25) is 0 Å². The van der Waals surface area contributed by atoms with E-state index in [1.807, 2.05) is 0 Å². The van der Waals surface area contributed by atoms with E-state index in [1.54, 1.807) is 0 Å². The third kappa shape index (κ3) is 4.14. The van der Waals surface area contributed by atoms with Gasteiger partial charge in [-0.1, -0.05) is 43.7 Å². The van der Waals surface area contributed by atoms with Crippen molar-refractivity contribution in [1.82, 2.24) is 10.2 Å². The van der Waals surface area contributed by atoms with Crippen LogP contribution in [0, 0.1) is 0 Å².